The fourth-order valence-electron chi connectivity index (χ4n) is 1.85. The fourth-order valence-corrected chi connectivity index (χ4v) is 1.85. The van der Waals surface area contributed by atoms with E-state index in [2.05, 4.69) is 11.4 Å². The first-order valence-electron chi connectivity index (χ1n) is 5.57. The molecule has 0 saturated heterocycles. The zero-order valence-corrected chi connectivity index (χ0v) is 9.62. The Morgan fingerprint density at radius 2 is 1.94 bits per heavy atom. The highest BCUT2D eigenvalue weighted by molar-refractivity contribution is 5.44. The molecule has 3 nitrogen and oxygen atoms in total. The fraction of sp³-hybridized carbons (Fsp3) is 0.462. The van der Waals surface area contributed by atoms with E-state index < -0.39 is 0 Å². The van der Waals surface area contributed by atoms with Crippen LogP contribution in [0.5, 0.6) is 5.75 Å². The molecule has 1 aliphatic carbocycles. The van der Waals surface area contributed by atoms with Crippen LogP contribution >= 0.6 is 0 Å². The van der Waals surface area contributed by atoms with Crippen molar-refractivity contribution in [3.05, 3.63) is 28.8 Å². The Morgan fingerprint density at radius 1 is 1.38 bits per heavy atom. The van der Waals surface area contributed by atoms with E-state index in [-0.39, 0.29) is 6.04 Å². The maximum absolute atomic E-state index is 9.68. The largest absolute Gasteiger partial charge is 0.507 e. The van der Waals surface area contributed by atoms with Gasteiger partial charge < -0.3 is 5.11 Å². The molecule has 1 aromatic rings. The van der Waals surface area contributed by atoms with E-state index in [1.165, 1.54) is 0 Å². The van der Waals surface area contributed by atoms with Crippen molar-refractivity contribution in [2.75, 3.05) is 0 Å². The predicted octanol–water partition coefficient (Wildman–Crippen LogP) is 2.33. The van der Waals surface area contributed by atoms with Gasteiger partial charge in [0.15, 0.2) is 0 Å². The average Bonchev–Trinajstić information content (AvgIpc) is 3.05. The van der Waals surface area contributed by atoms with Crippen molar-refractivity contribution in [1.29, 1.82) is 5.26 Å². The summed E-state index contributed by atoms with van der Waals surface area (Å²) in [5.74, 6) is 0.326. The molecule has 0 aromatic heterocycles. The Bertz CT molecular complexity index is 421. The third kappa shape index (κ3) is 2.17. The molecular weight excluding hydrogens is 200 g/mol. The molecule has 2 N–H and O–H groups in total. The average molecular weight is 216 g/mol. The maximum atomic E-state index is 9.68. The van der Waals surface area contributed by atoms with Gasteiger partial charge in [-0.05, 0) is 55.5 Å². The van der Waals surface area contributed by atoms with Crippen LogP contribution in [-0.4, -0.2) is 11.1 Å². The lowest BCUT2D eigenvalue weighted by Gasteiger charge is -2.14. The third-order valence-corrected chi connectivity index (χ3v) is 2.96. The van der Waals surface area contributed by atoms with Crippen molar-refractivity contribution in [2.45, 2.75) is 38.8 Å². The number of nitrogens with zero attached hydrogens (tertiary/aromatic N) is 1. The van der Waals surface area contributed by atoms with E-state index >= 15 is 0 Å². The number of phenolic OH excluding ortho intramolecular Hbond substituents is 1. The monoisotopic (exact) mass is 216 g/mol. The van der Waals surface area contributed by atoms with Gasteiger partial charge in [-0.1, -0.05) is 0 Å². The van der Waals surface area contributed by atoms with Crippen LogP contribution in [0.3, 0.4) is 0 Å². The quantitative estimate of drug-likeness (QED) is 0.815. The zero-order valence-electron chi connectivity index (χ0n) is 9.62. The molecule has 0 aliphatic heterocycles. The van der Waals surface area contributed by atoms with Gasteiger partial charge >= 0.3 is 0 Å². The number of rotatable bonds is 3. The summed E-state index contributed by atoms with van der Waals surface area (Å²) in [5, 5.41) is 22.1. The lowest BCUT2D eigenvalue weighted by atomic mass is 10.0. The smallest absolute Gasteiger partial charge is 0.121 e. The molecule has 1 aliphatic rings. The molecule has 2 rings (SSSR count). The van der Waals surface area contributed by atoms with Crippen molar-refractivity contribution < 1.29 is 5.11 Å². The molecule has 1 unspecified atom stereocenters. The summed E-state index contributed by atoms with van der Waals surface area (Å²) in [6.45, 7) is 3.72. The second-order valence-corrected chi connectivity index (χ2v) is 4.51. The number of benzene rings is 1. The van der Waals surface area contributed by atoms with Crippen LogP contribution in [0.4, 0.5) is 0 Å². The van der Waals surface area contributed by atoms with Crippen molar-refractivity contribution in [3.8, 4) is 11.8 Å². The van der Waals surface area contributed by atoms with Crippen LogP contribution < -0.4 is 5.32 Å². The van der Waals surface area contributed by atoms with Crippen molar-refractivity contribution in [3.63, 3.8) is 0 Å². The Morgan fingerprint density at radius 3 is 2.38 bits per heavy atom. The molecule has 16 heavy (non-hydrogen) atoms. The van der Waals surface area contributed by atoms with Gasteiger partial charge in [0, 0.05) is 6.04 Å². The number of aryl methyl sites for hydroxylation is 2. The standard InChI is InChI=1S/C13H16N2O/c1-8-5-10(6-9(2)13(8)16)12(7-14)15-11-3-4-11/h5-6,11-12,15-16H,3-4H2,1-2H3. The van der Waals surface area contributed by atoms with Crippen LogP contribution in [0.15, 0.2) is 12.1 Å². The predicted molar refractivity (Wildman–Crippen MR) is 62.1 cm³/mol. The number of nitriles is 1. The molecule has 0 radical (unpaired) electrons. The van der Waals surface area contributed by atoms with Gasteiger partial charge in [-0.2, -0.15) is 5.26 Å². The van der Waals surface area contributed by atoms with Crippen LogP contribution in [-0.2, 0) is 0 Å². The van der Waals surface area contributed by atoms with Crippen molar-refractivity contribution in [2.24, 2.45) is 0 Å². The molecule has 3 heteroatoms. The SMILES string of the molecule is Cc1cc(C(C#N)NC2CC2)cc(C)c1O. The second kappa shape index (κ2) is 4.15. The van der Waals surface area contributed by atoms with Gasteiger partial charge in [-0.3, -0.25) is 5.32 Å². The van der Waals surface area contributed by atoms with E-state index in [0.717, 1.165) is 29.5 Å². The minimum absolute atomic E-state index is 0.259. The summed E-state index contributed by atoms with van der Waals surface area (Å²) in [5.41, 5.74) is 2.60. The highest BCUT2D eigenvalue weighted by atomic mass is 16.3. The van der Waals surface area contributed by atoms with Gasteiger partial charge in [0.2, 0.25) is 0 Å². The Labute approximate surface area is 95.7 Å². The first-order chi connectivity index (χ1) is 7.61. The van der Waals surface area contributed by atoms with Crippen molar-refractivity contribution >= 4 is 0 Å². The summed E-state index contributed by atoms with van der Waals surface area (Å²) in [6.07, 6.45) is 2.32. The number of nitrogens with one attached hydrogen (secondary N) is 1. The minimum atomic E-state index is -0.259. The zero-order chi connectivity index (χ0) is 11.7. The summed E-state index contributed by atoms with van der Waals surface area (Å²) >= 11 is 0. The van der Waals surface area contributed by atoms with Gasteiger partial charge in [0.25, 0.3) is 0 Å². The molecule has 0 spiro atoms. The molecule has 0 heterocycles. The Kier molecular flexibility index (Phi) is 2.84. The lowest BCUT2D eigenvalue weighted by molar-refractivity contribution is 0.466. The van der Waals surface area contributed by atoms with Crippen LogP contribution in [0.2, 0.25) is 0 Å². The number of hydrogen-bond acceptors (Lipinski definition) is 3. The van der Waals surface area contributed by atoms with Gasteiger partial charge in [0.1, 0.15) is 11.8 Å². The van der Waals surface area contributed by atoms with E-state index in [1.54, 1.807) is 0 Å². The number of aromatic hydroxyl groups is 1. The van der Waals surface area contributed by atoms with E-state index in [9.17, 15) is 5.11 Å². The first-order valence-corrected chi connectivity index (χ1v) is 5.57. The lowest BCUT2D eigenvalue weighted by Crippen LogP contribution is -2.22. The van der Waals surface area contributed by atoms with Gasteiger partial charge in [0.05, 0.1) is 6.07 Å². The van der Waals surface area contributed by atoms with Crippen molar-refractivity contribution in [1.82, 2.24) is 5.32 Å². The van der Waals surface area contributed by atoms with Gasteiger partial charge in [-0.15, -0.1) is 0 Å². The van der Waals surface area contributed by atoms with E-state index in [0.29, 0.717) is 11.8 Å². The van der Waals surface area contributed by atoms with Crippen LogP contribution in [0, 0.1) is 25.2 Å². The highest BCUT2D eigenvalue weighted by Crippen LogP contribution is 2.28. The second-order valence-electron chi connectivity index (χ2n) is 4.51. The molecule has 1 fully saturated rings. The molecule has 0 bridgehead atoms. The van der Waals surface area contributed by atoms with Crippen LogP contribution in [0.25, 0.3) is 0 Å². The molecule has 0 amide bonds. The summed E-state index contributed by atoms with van der Waals surface area (Å²) in [7, 11) is 0. The molecule has 84 valence electrons. The summed E-state index contributed by atoms with van der Waals surface area (Å²) in [6, 6.07) is 6.27. The Balaban J connectivity index is 2.27. The molecular formula is C13H16N2O. The number of phenols is 1. The molecule has 1 saturated carbocycles. The third-order valence-electron chi connectivity index (χ3n) is 2.96. The summed E-state index contributed by atoms with van der Waals surface area (Å²) in [4.78, 5) is 0. The topological polar surface area (TPSA) is 56.0 Å². The van der Waals surface area contributed by atoms with E-state index in [1.807, 2.05) is 26.0 Å². The highest BCUT2D eigenvalue weighted by Gasteiger charge is 2.25. The number of hydrogen-bond donors (Lipinski definition) is 2. The normalized spacial score (nSPS) is 16.8. The first kappa shape index (κ1) is 11.0. The summed E-state index contributed by atoms with van der Waals surface area (Å²) < 4.78 is 0. The maximum Gasteiger partial charge on any atom is 0.121 e. The van der Waals surface area contributed by atoms with Crippen LogP contribution in [0.1, 0.15) is 35.6 Å². The molecule has 1 atom stereocenters. The Hall–Kier alpha value is -1.53. The van der Waals surface area contributed by atoms with E-state index in [4.69, 9.17) is 5.26 Å². The minimum Gasteiger partial charge on any atom is -0.507 e. The molecule has 1 aromatic carbocycles. The van der Waals surface area contributed by atoms with Gasteiger partial charge in [-0.25, -0.2) is 0 Å².